The Labute approximate surface area is 180 Å². The maximum absolute atomic E-state index is 12.6. The number of carbonyl (C=O) groups excluding carboxylic acids is 1. The fraction of sp³-hybridized carbons (Fsp3) is 0.227. The second kappa shape index (κ2) is 7.37. The van der Waals surface area contributed by atoms with Crippen molar-refractivity contribution in [3.05, 3.63) is 51.8 Å². The number of rotatable bonds is 5. The van der Waals surface area contributed by atoms with Gasteiger partial charge in [-0.3, -0.25) is 9.78 Å². The Morgan fingerprint density at radius 2 is 2.03 bits per heavy atom. The zero-order chi connectivity index (χ0) is 20.8. The van der Waals surface area contributed by atoms with Crippen molar-refractivity contribution >= 4 is 54.9 Å². The summed E-state index contributed by atoms with van der Waals surface area (Å²) >= 11 is 2.87. The van der Waals surface area contributed by atoms with Crippen LogP contribution >= 0.6 is 22.7 Å². The number of carboxylic acids is 1. The van der Waals surface area contributed by atoms with Gasteiger partial charge in [0.2, 0.25) is 0 Å². The molecule has 4 aromatic rings. The van der Waals surface area contributed by atoms with Crippen LogP contribution in [0.4, 0.5) is 0 Å². The lowest BCUT2D eigenvalue weighted by Gasteiger charge is -2.30. The Morgan fingerprint density at radius 1 is 1.20 bits per heavy atom. The maximum Gasteiger partial charge on any atom is 0.337 e. The van der Waals surface area contributed by atoms with Crippen LogP contribution in [0.5, 0.6) is 11.5 Å². The fourth-order valence-electron chi connectivity index (χ4n) is 3.58. The number of amides is 1. The second-order valence-electron chi connectivity index (χ2n) is 7.10. The highest BCUT2D eigenvalue weighted by Crippen LogP contribution is 2.38. The van der Waals surface area contributed by atoms with Crippen LogP contribution in [-0.4, -0.2) is 40.0 Å². The van der Waals surface area contributed by atoms with Gasteiger partial charge in [-0.2, -0.15) is 0 Å². The van der Waals surface area contributed by atoms with Crippen LogP contribution in [0.15, 0.2) is 36.5 Å². The summed E-state index contributed by atoms with van der Waals surface area (Å²) in [6.07, 6.45) is 3.40. The second-order valence-corrected chi connectivity index (χ2v) is 9.29. The summed E-state index contributed by atoms with van der Waals surface area (Å²) in [5.41, 5.74) is 1.11. The lowest BCUT2D eigenvalue weighted by Crippen LogP contribution is -2.41. The molecule has 0 bridgehead atoms. The molecule has 0 spiro atoms. The minimum Gasteiger partial charge on any atom is -0.478 e. The van der Waals surface area contributed by atoms with Crippen LogP contribution in [0, 0.1) is 0 Å². The minimum absolute atomic E-state index is 0.0449. The van der Waals surface area contributed by atoms with E-state index in [9.17, 15) is 14.7 Å². The molecule has 0 radical (unpaired) electrons. The molecule has 0 unspecified atom stereocenters. The van der Waals surface area contributed by atoms with Crippen LogP contribution in [0.3, 0.4) is 0 Å². The van der Waals surface area contributed by atoms with E-state index >= 15 is 0 Å². The first-order valence-electron chi connectivity index (χ1n) is 9.69. The van der Waals surface area contributed by atoms with E-state index in [2.05, 4.69) is 4.98 Å². The van der Waals surface area contributed by atoms with E-state index in [4.69, 9.17) is 4.74 Å². The SMILES string of the molecule is CCc1sc2cc(Oc3ccnc4cc(C(=O)N5CCC5)sc34)ccc2c1C(=O)O. The van der Waals surface area contributed by atoms with Crippen LogP contribution < -0.4 is 4.74 Å². The molecule has 0 saturated carbocycles. The van der Waals surface area contributed by atoms with Crippen molar-refractivity contribution in [1.29, 1.82) is 0 Å². The predicted octanol–water partition coefficient (Wildman–Crippen LogP) is 5.41. The summed E-state index contributed by atoms with van der Waals surface area (Å²) < 4.78 is 7.85. The number of aryl methyl sites for hydroxylation is 1. The standard InChI is InChI=1S/C22H18N2O4S2/c1-2-16-19(22(26)27)13-5-4-12(10-17(13)29-16)28-15-6-7-23-14-11-18(30-20(14)15)21(25)24-8-3-9-24/h4-7,10-11H,2-3,8-9H2,1H3,(H,26,27). The summed E-state index contributed by atoms with van der Waals surface area (Å²) in [6.45, 7) is 3.57. The van der Waals surface area contributed by atoms with Gasteiger partial charge < -0.3 is 14.7 Å². The molecule has 1 aliphatic rings. The minimum atomic E-state index is -0.902. The smallest absolute Gasteiger partial charge is 0.337 e. The number of nitrogens with zero attached hydrogens (tertiary/aromatic N) is 2. The summed E-state index contributed by atoms with van der Waals surface area (Å²) in [6, 6.07) is 9.07. The highest BCUT2D eigenvalue weighted by molar-refractivity contribution is 7.21. The number of aromatic carboxylic acids is 1. The van der Waals surface area contributed by atoms with Crippen molar-refractivity contribution in [2.75, 3.05) is 13.1 Å². The number of carboxylic acid groups (broad SMARTS) is 1. The van der Waals surface area contributed by atoms with E-state index < -0.39 is 5.97 Å². The summed E-state index contributed by atoms with van der Waals surface area (Å²) in [7, 11) is 0. The van der Waals surface area contributed by atoms with Crippen molar-refractivity contribution in [1.82, 2.24) is 9.88 Å². The van der Waals surface area contributed by atoms with Gasteiger partial charge >= 0.3 is 5.97 Å². The molecule has 1 fully saturated rings. The third kappa shape index (κ3) is 3.12. The molecule has 6 nitrogen and oxygen atoms in total. The molecule has 1 aromatic carbocycles. The summed E-state index contributed by atoms with van der Waals surface area (Å²) in [5.74, 6) is 0.404. The zero-order valence-corrected chi connectivity index (χ0v) is 17.8. The molecule has 1 amide bonds. The third-order valence-electron chi connectivity index (χ3n) is 5.23. The van der Waals surface area contributed by atoms with Crippen molar-refractivity contribution in [2.45, 2.75) is 19.8 Å². The van der Waals surface area contributed by atoms with Gasteiger partial charge in [0, 0.05) is 40.3 Å². The first-order chi connectivity index (χ1) is 14.5. The fourth-order valence-corrected chi connectivity index (χ4v) is 5.77. The number of pyridine rings is 1. The number of carbonyl (C=O) groups is 2. The molecule has 0 atom stereocenters. The highest BCUT2D eigenvalue weighted by atomic mass is 32.1. The van der Waals surface area contributed by atoms with E-state index in [-0.39, 0.29) is 5.91 Å². The molecule has 1 aliphatic heterocycles. The number of hydrogen-bond acceptors (Lipinski definition) is 6. The average Bonchev–Trinajstić information content (AvgIpc) is 3.28. The molecule has 1 saturated heterocycles. The molecule has 5 rings (SSSR count). The van der Waals surface area contributed by atoms with Crippen LogP contribution in [-0.2, 0) is 6.42 Å². The molecule has 4 heterocycles. The van der Waals surface area contributed by atoms with Crippen LogP contribution in [0.1, 0.15) is 38.3 Å². The molecule has 3 aromatic heterocycles. The summed E-state index contributed by atoms with van der Waals surface area (Å²) in [5, 5.41) is 10.3. The van der Waals surface area contributed by atoms with E-state index in [1.165, 1.54) is 22.7 Å². The van der Waals surface area contributed by atoms with E-state index in [0.29, 0.717) is 28.4 Å². The molecular formula is C22H18N2O4S2. The monoisotopic (exact) mass is 438 g/mol. The number of thiophene rings is 2. The Balaban J connectivity index is 1.50. The first-order valence-corrected chi connectivity index (χ1v) is 11.3. The molecule has 1 N–H and O–H groups in total. The highest BCUT2D eigenvalue weighted by Gasteiger charge is 2.24. The molecule has 0 aliphatic carbocycles. The quantitative estimate of drug-likeness (QED) is 0.451. The Morgan fingerprint density at radius 3 is 2.73 bits per heavy atom. The van der Waals surface area contributed by atoms with Crippen molar-refractivity contribution < 1.29 is 19.4 Å². The van der Waals surface area contributed by atoms with Gasteiger partial charge in [0.25, 0.3) is 5.91 Å². The number of benzene rings is 1. The number of aromatic nitrogens is 1. The van der Waals surface area contributed by atoms with Crippen molar-refractivity contribution in [3.63, 3.8) is 0 Å². The van der Waals surface area contributed by atoms with Crippen LogP contribution in [0.25, 0.3) is 20.3 Å². The Bertz CT molecular complexity index is 1300. The number of hydrogen-bond donors (Lipinski definition) is 1. The van der Waals surface area contributed by atoms with E-state index in [1.807, 2.05) is 24.0 Å². The van der Waals surface area contributed by atoms with Gasteiger partial charge in [0.15, 0.2) is 0 Å². The lowest BCUT2D eigenvalue weighted by molar-refractivity contribution is 0.0655. The summed E-state index contributed by atoms with van der Waals surface area (Å²) in [4.78, 5) is 31.9. The van der Waals surface area contributed by atoms with Gasteiger partial charge in [0.05, 0.1) is 20.7 Å². The van der Waals surface area contributed by atoms with Gasteiger partial charge in [-0.05, 0) is 37.1 Å². The molecule has 30 heavy (non-hydrogen) atoms. The molecule has 152 valence electrons. The molecule has 8 heteroatoms. The Hall–Kier alpha value is -2.97. The zero-order valence-electron chi connectivity index (χ0n) is 16.2. The van der Waals surface area contributed by atoms with Gasteiger partial charge in [-0.1, -0.05) is 6.92 Å². The average molecular weight is 439 g/mol. The third-order valence-corrected chi connectivity index (χ3v) is 7.65. The first kappa shape index (κ1) is 19.0. The predicted molar refractivity (Wildman–Crippen MR) is 118 cm³/mol. The number of fused-ring (bicyclic) bond motifs is 2. The van der Waals surface area contributed by atoms with Crippen LogP contribution in [0.2, 0.25) is 0 Å². The van der Waals surface area contributed by atoms with Gasteiger partial charge in [-0.15, -0.1) is 22.7 Å². The lowest BCUT2D eigenvalue weighted by atomic mass is 10.1. The maximum atomic E-state index is 12.6. The van der Waals surface area contributed by atoms with Crippen molar-refractivity contribution in [2.24, 2.45) is 0 Å². The normalized spacial score (nSPS) is 13.6. The van der Waals surface area contributed by atoms with Gasteiger partial charge in [0.1, 0.15) is 11.5 Å². The van der Waals surface area contributed by atoms with E-state index in [0.717, 1.165) is 44.7 Å². The van der Waals surface area contributed by atoms with Crippen molar-refractivity contribution in [3.8, 4) is 11.5 Å². The Kier molecular flexibility index (Phi) is 4.67. The topological polar surface area (TPSA) is 79.7 Å². The number of likely N-dealkylation sites (tertiary alicyclic amines) is 1. The van der Waals surface area contributed by atoms with Gasteiger partial charge in [-0.25, -0.2) is 4.79 Å². The molecular weight excluding hydrogens is 420 g/mol. The largest absolute Gasteiger partial charge is 0.478 e. The van der Waals surface area contributed by atoms with E-state index in [1.54, 1.807) is 24.4 Å². The number of ether oxygens (including phenoxy) is 1.